The second-order valence-corrected chi connectivity index (χ2v) is 4.59. The van der Waals surface area contributed by atoms with Crippen LogP contribution in [0.4, 0.5) is 10.5 Å². The van der Waals surface area contributed by atoms with Crippen LogP contribution in [0, 0.1) is 0 Å². The number of nitrogen functional groups attached to an aromatic ring is 1. The third-order valence-corrected chi connectivity index (χ3v) is 3.09. The minimum absolute atomic E-state index is 0.0835. The van der Waals surface area contributed by atoms with Gasteiger partial charge >= 0.3 is 6.03 Å². The van der Waals surface area contributed by atoms with Crippen molar-refractivity contribution in [1.29, 1.82) is 0 Å². The maximum absolute atomic E-state index is 11.6. The number of carbonyl (C=O) groups excluding carboxylic acids is 1. The summed E-state index contributed by atoms with van der Waals surface area (Å²) in [6.07, 6.45) is 0. The molecule has 1 aromatic carbocycles. The largest absolute Gasteiger partial charge is 0.506 e. The van der Waals surface area contributed by atoms with E-state index in [-0.39, 0.29) is 16.3 Å². The zero-order valence-corrected chi connectivity index (χ0v) is 9.21. The molecule has 0 aliphatic rings. The van der Waals surface area contributed by atoms with Crippen molar-refractivity contribution in [1.82, 2.24) is 10.0 Å². The number of aromatic hydroxyl groups is 1. The zero-order chi connectivity index (χ0) is 12.3. The van der Waals surface area contributed by atoms with Gasteiger partial charge in [-0.2, -0.15) is 0 Å². The van der Waals surface area contributed by atoms with Gasteiger partial charge in [0, 0.05) is 7.05 Å². The molecule has 0 saturated heterocycles. The van der Waals surface area contributed by atoms with E-state index < -0.39 is 16.1 Å². The molecule has 0 aromatic heterocycles. The first-order chi connectivity index (χ1) is 7.36. The SMILES string of the molecule is CNC(=O)NS(=O)(=O)c1ccc(O)c(N)c1. The third kappa shape index (κ3) is 2.54. The number of nitrogens with two attached hydrogens (primary N) is 1. The van der Waals surface area contributed by atoms with Gasteiger partial charge in [0.05, 0.1) is 10.6 Å². The molecule has 88 valence electrons. The lowest BCUT2D eigenvalue weighted by Gasteiger charge is -2.07. The van der Waals surface area contributed by atoms with E-state index in [4.69, 9.17) is 10.8 Å². The molecule has 7 nitrogen and oxygen atoms in total. The van der Waals surface area contributed by atoms with E-state index in [0.717, 1.165) is 18.2 Å². The number of hydrogen-bond donors (Lipinski definition) is 4. The van der Waals surface area contributed by atoms with Crippen LogP contribution in [0.1, 0.15) is 0 Å². The molecule has 0 radical (unpaired) electrons. The topological polar surface area (TPSA) is 122 Å². The highest BCUT2D eigenvalue weighted by molar-refractivity contribution is 7.90. The minimum atomic E-state index is -3.96. The monoisotopic (exact) mass is 245 g/mol. The number of sulfonamides is 1. The molecule has 0 unspecified atom stereocenters. The lowest BCUT2D eigenvalue weighted by molar-refractivity contribution is 0.248. The van der Waals surface area contributed by atoms with Gasteiger partial charge in [0.2, 0.25) is 0 Å². The maximum Gasteiger partial charge on any atom is 0.328 e. The first-order valence-corrected chi connectivity index (χ1v) is 5.68. The van der Waals surface area contributed by atoms with Crippen LogP contribution < -0.4 is 15.8 Å². The van der Waals surface area contributed by atoms with Gasteiger partial charge in [-0.3, -0.25) is 0 Å². The lowest BCUT2D eigenvalue weighted by atomic mass is 10.3. The number of hydrogen-bond acceptors (Lipinski definition) is 5. The summed E-state index contributed by atoms with van der Waals surface area (Å²) >= 11 is 0. The van der Waals surface area contributed by atoms with Crippen LogP contribution in [0.5, 0.6) is 5.75 Å². The van der Waals surface area contributed by atoms with Gasteiger partial charge < -0.3 is 16.2 Å². The predicted molar refractivity (Wildman–Crippen MR) is 57.3 cm³/mol. The third-order valence-electron chi connectivity index (χ3n) is 1.76. The summed E-state index contributed by atoms with van der Waals surface area (Å²) in [5, 5.41) is 11.2. The molecule has 16 heavy (non-hydrogen) atoms. The Balaban J connectivity index is 3.08. The van der Waals surface area contributed by atoms with Crippen LogP contribution in [0.25, 0.3) is 0 Å². The Kier molecular flexibility index (Phi) is 3.23. The first kappa shape index (κ1) is 12.1. The molecule has 5 N–H and O–H groups in total. The molecule has 0 aliphatic carbocycles. The van der Waals surface area contributed by atoms with Crippen molar-refractivity contribution in [2.45, 2.75) is 4.90 Å². The van der Waals surface area contributed by atoms with Crippen LogP contribution in [0.3, 0.4) is 0 Å². The number of benzene rings is 1. The number of rotatable bonds is 2. The second-order valence-electron chi connectivity index (χ2n) is 2.91. The Morgan fingerprint density at radius 1 is 1.44 bits per heavy atom. The molecule has 0 spiro atoms. The average Bonchev–Trinajstić information content (AvgIpc) is 2.21. The molecular formula is C8H11N3O4S. The standard InChI is InChI=1S/C8H11N3O4S/c1-10-8(13)11-16(14,15)5-2-3-7(12)6(9)4-5/h2-4,12H,9H2,1H3,(H2,10,11,13). The van der Waals surface area contributed by atoms with Crippen molar-refractivity contribution in [2.24, 2.45) is 0 Å². The zero-order valence-electron chi connectivity index (χ0n) is 8.39. The van der Waals surface area contributed by atoms with Crippen LogP contribution >= 0.6 is 0 Å². The van der Waals surface area contributed by atoms with Crippen molar-refractivity contribution < 1.29 is 18.3 Å². The molecular weight excluding hydrogens is 234 g/mol. The summed E-state index contributed by atoms with van der Waals surface area (Å²) in [7, 11) is -2.68. The Morgan fingerprint density at radius 3 is 2.56 bits per heavy atom. The lowest BCUT2D eigenvalue weighted by Crippen LogP contribution is -2.37. The highest BCUT2D eigenvalue weighted by Crippen LogP contribution is 2.22. The Bertz CT molecular complexity index is 512. The van der Waals surface area contributed by atoms with Gasteiger partial charge in [0.1, 0.15) is 5.75 Å². The van der Waals surface area contributed by atoms with Crippen molar-refractivity contribution >= 4 is 21.7 Å². The molecule has 0 heterocycles. The van der Waals surface area contributed by atoms with E-state index in [0.29, 0.717) is 0 Å². The molecule has 0 fully saturated rings. The highest BCUT2D eigenvalue weighted by Gasteiger charge is 2.17. The number of urea groups is 1. The van der Waals surface area contributed by atoms with Gasteiger partial charge in [-0.25, -0.2) is 17.9 Å². The van der Waals surface area contributed by atoms with Crippen LogP contribution in [0.2, 0.25) is 0 Å². The molecule has 0 bridgehead atoms. The second kappa shape index (κ2) is 4.27. The van der Waals surface area contributed by atoms with Crippen molar-refractivity contribution in [3.63, 3.8) is 0 Å². The molecule has 0 atom stereocenters. The van der Waals surface area contributed by atoms with Gasteiger partial charge in [-0.15, -0.1) is 0 Å². The van der Waals surface area contributed by atoms with Gasteiger partial charge in [-0.1, -0.05) is 0 Å². The number of nitrogens with one attached hydrogen (secondary N) is 2. The Morgan fingerprint density at radius 2 is 2.06 bits per heavy atom. The smallest absolute Gasteiger partial charge is 0.328 e. The number of phenols is 1. The average molecular weight is 245 g/mol. The van der Waals surface area contributed by atoms with Gasteiger partial charge in [0.25, 0.3) is 10.0 Å². The maximum atomic E-state index is 11.6. The van der Waals surface area contributed by atoms with Crippen molar-refractivity contribution in [3.05, 3.63) is 18.2 Å². The summed E-state index contributed by atoms with van der Waals surface area (Å²) < 4.78 is 24.9. The van der Waals surface area contributed by atoms with E-state index in [2.05, 4.69) is 5.32 Å². The predicted octanol–water partition coefficient (Wildman–Crippen LogP) is -0.408. The molecule has 2 amide bonds. The summed E-state index contributed by atoms with van der Waals surface area (Å²) in [5.41, 5.74) is 5.25. The Labute approximate surface area is 92.3 Å². The highest BCUT2D eigenvalue weighted by atomic mass is 32.2. The molecule has 0 aliphatic heterocycles. The molecule has 8 heteroatoms. The van der Waals surface area contributed by atoms with Crippen LogP contribution in [0.15, 0.2) is 23.1 Å². The molecule has 1 rings (SSSR count). The summed E-state index contributed by atoms with van der Waals surface area (Å²) in [5.74, 6) is -0.223. The number of anilines is 1. The van der Waals surface area contributed by atoms with E-state index in [1.165, 1.54) is 7.05 Å². The van der Waals surface area contributed by atoms with Crippen molar-refractivity contribution in [3.8, 4) is 5.75 Å². The first-order valence-electron chi connectivity index (χ1n) is 4.20. The Hall–Kier alpha value is -1.96. The van der Waals surface area contributed by atoms with E-state index >= 15 is 0 Å². The van der Waals surface area contributed by atoms with Gasteiger partial charge in [0.15, 0.2) is 0 Å². The number of phenolic OH excluding ortho intramolecular Hbond substituents is 1. The molecule has 1 aromatic rings. The quantitative estimate of drug-likeness (QED) is 0.417. The van der Waals surface area contributed by atoms with E-state index in [9.17, 15) is 13.2 Å². The van der Waals surface area contributed by atoms with Crippen LogP contribution in [-0.2, 0) is 10.0 Å². The fourth-order valence-corrected chi connectivity index (χ4v) is 1.93. The fourth-order valence-electron chi connectivity index (χ4n) is 0.932. The van der Waals surface area contributed by atoms with Gasteiger partial charge in [-0.05, 0) is 18.2 Å². The van der Waals surface area contributed by atoms with E-state index in [1.807, 2.05) is 0 Å². The van der Waals surface area contributed by atoms with E-state index in [1.54, 1.807) is 4.72 Å². The summed E-state index contributed by atoms with van der Waals surface area (Å²) in [4.78, 5) is 10.7. The van der Waals surface area contributed by atoms with Crippen molar-refractivity contribution in [2.75, 3.05) is 12.8 Å². The normalized spacial score (nSPS) is 10.8. The minimum Gasteiger partial charge on any atom is -0.506 e. The van der Waals surface area contributed by atoms with Crippen LogP contribution in [-0.4, -0.2) is 26.6 Å². The summed E-state index contributed by atoms with van der Waals surface area (Å²) in [6.45, 7) is 0. The summed E-state index contributed by atoms with van der Waals surface area (Å²) in [6, 6.07) is 2.47. The number of amides is 2. The fraction of sp³-hybridized carbons (Fsp3) is 0.125. The number of carbonyl (C=O) groups is 1. The molecule has 0 saturated carbocycles.